The monoisotopic (exact) mass is 537 g/mol. The molecule has 0 unspecified atom stereocenters. The number of aromatic hydroxyl groups is 1. The van der Waals surface area contributed by atoms with Crippen LogP contribution in [0.5, 0.6) is 11.6 Å². The van der Waals surface area contributed by atoms with Crippen molar-refractivity contribution in [3.8, 4) is 11.6 Å². The predicted octanol–water partition coefficient (Wildman–Crippen LogP) is 2.44. The number of amidine groups is 1. The van der Waals surface area contributed by atoms with Gasteiger partial charge in [0.25, 0.3) is 5.56 Å². The Hall–Kier alpha value is -4.32. The Labute approximate surface area is 221 Å². The SMILES string of the molecule is CCOc1ccc(NC(=O)C[C@@H]2SC(=N[C@H](c3ccc(CC)cc3)c3c(O)[nH]c(=O)[nH]c3=O)NC2=O)cc1. The number of aromatic amines is 2. The first-order valence-electron chi connectivity index (χ1n) is 12.0. The van der Waals surface area contributed by atoms with E-state index in [0.717, 1.165) is 23.7 Å². The summed E-state index contributed by atoms with van der Waals surface area (Å²) in [6, 6.07) is 13.1. The molecule has 0 radical (unpaired) electrons. The number of benzene rings is 2. The second-order valence-corrected chi connectivity index (χ2v) is 9.60. The molecule has 2 amide bonds. The van der Waals surface area contributed by atoms with Gasteiger partial charge in [-0.25, -0.2) is 9.79 Å². The number of anilines is 1. The first kappa shape index (κ1) is 26.7. The van der Waals surface area contributed by atoms with Gasteiger partial charge in [0.2, 0.25) is 17.7 Å². The highest BCUT2D eigenvalue weighted by molar-refractivity contribution is 8.15. The fourth-order valence-corrected chi connectivity index (χ4v) is 4.87. The Balaban J connectivity index is 1.54. The van der Waals surface area contributed by atoms with Gasteiger partial charge in [0.05, 0.1) is 6.61 Å². The van der Waals surface area contributed by atoms with Crippen LogP contribution in [0.3, 0.4) is 0 Å². The molecule has 11 nitrogen and oxygen atoms in total. The van der Waals surface area contributed by atoms with Crippen molar-refractivity contribution in [1.29, 1.82) is 0 Å². The Morgan fingerprint density at radius 1 is 1.08 bits per heavy atom. The standard InChI is InChI=1S/C26H27N5O6S/c1-3-14-5-7-15(8-6-14)21(20-23(34)29-25(36)30-24(20)35)28-26-31-22(33)18(38-26)13-19(32)27-16-9-11-17(12-10-16)37-4-2/h5-12,18,21H,3-4,13H2,1-2H3,(H,27,32)(H,28,31,33)(H3,29,30,34,35,36)/t18-,21+/m0/s1. The maximum atomic E-state index is 12.6. The van der Waals surface area contributed by atoms with Crippen LogP contribution in [-0.2, 0) is 16.0 Å². The van der Waals surface area contributed by atoms with E-state index in [1.807, 2.05) is 26.0 Å². The van der Waals surface area contributed by atoms with Gasteiger partial charge in [0, 0.05) is 12.1 Å². The van der Waals surface area contributed by atoms with Crippen LogP contribution in [0, 0.1) is 0 Å². The molecule has 5 N–H and O–H groups in total. The lowest BCUT2D eigenvalue weighted by Gasteiger charge is -2.15. The lowest BCUT2D eigenvalue weighted by molar-refractivity contribution is -0.122. The molecule has 0 saturated carbocycles. The molecule has 1 aromatic heterocycles. The second kappa shape index (κ2) is 11.8. The van der Waals surface area contributed by atoms with Crippen LogP contribution >= 0.6 is 11.8 Å². The minimum atomic E-state index is -1.03. The van der Waals surface area contributed by atoms with Crippen molar-refractivity contribution in [3.05, 3.63) is 86.1 Å². The van der Waals surface area contributed by atoms with Crippen molar-refractivity contribution >= 4 is 34.4 Å². The van der Waals surface area contributed by atoms with Gasteiger partial charge in [-0.2, -0.15) is 0 Å². The number of nitrogens with zero attached hydrogens (tertiary/aromatic N) is 1. The summed E-state index contributed by atoms with van der Waals surface area (Å²) < 4.78 is 5.39. The van der Waals surface area contributed by atoms with E-state index in [2.05, 4.69) is 25.6 Å². The molecule has 2 atom stereocenters. The number of hydrogen-bond acceptors (Lipinski definition) is 8. The molecule has 2 aromatic carbocycles. The third-order valence-corrected chi connectivity index (χ3v) is 6.87. The summed E-state index contributed by atoms with van der Waals surface area (Å²) in [7, 11) is 0. The number of thioether (sulfide) groups is 1. The molecule has 2 heterocycles. The minimum absolute atomic E-state index is 0.108. The smallest absolute Gasteiger partial charge is 0.328 e. The molecule has 198 valence electrons. The molecule has 1 aliphatic rings. The van der Waals surface area contributed by atoms with Gasteiger partial charge < -0.3 is 20.5 Å². The number of hydrogen-bond donors (Lipinski definition) is 5. The summed E-state index contributed by atoms with van der Waals surface area (Å²) >= 11 is 1.05. The Morgan fingerprint density at radius 2 is 1.79 bits per heavy atom. The van der Waals surface area contributed by atoms with E-state index in [4.69, 9.17) is 4.74 Å². The average molecular weight is 538 g/mol. The van der Waals surface area contributed by atoms with Crippen molar-refractivity contribution < 1.29 is 19.4 Å². The van der Waals surface area contributed by atoms with Crippen LogP contribution in [0.25, 0.3) is 0 Å². The zero-order valence-electron chi connectivity index (χ0n) is 20.7. The third-order valence-electron chi connectivity index (χ3n) is 5.78. The zero-order valence-corrected chi connectivity index (χ0v) is 21.6. The number of carbonyl (C=O) groups excluding carboxylic acids is 2. The fourth-order valence-electron chi connectivity index (χ4n) is 3.88. The van der Waals surface area contributed by atoms with E-state index < -0.39 is 34.3 Å². The molecule has 12 heteroatoms. The molecular formula is C26H27N5O6S. The Bertz CT molecular complexity index is 1460. The van der Waals surface area contributed by atoms with Gasteiger partial charge in [0.15, 0.2) is 5.17 Å². The van der Waals surface area contributed by atoms with Crippen molar-refractivity contribution in [3.63, 3.8) is 0 Å². The van der Waals surface area contributed by atoms with Crippen LogP contribution in [0.1, 0.15) is 43.0 Å². The van der Waals surface area contributed by atoms with Gasteiger partial charge in [-0.05, 0) is 48.7 Å². The average Bonchev–Trinajstić information content (AvgIpc) is 3.22. The highest BCUT2D eigenvalue weighted by atomic mass is 32.2. The van der Waals surface area contributed by atoms with E-state index in [1.165, 1.54) is 0 Å². The lowest BCUT2D eigenvalue weighted by atomic mass is 9.99. The van der Waals surface area contributed by atoms with E-state index in [0.29, 0.717) is 23.6 Å². The summed E-state index contributed by atoms with van der Waals surface area (Å²) in [4.78, 5) is 58.3. The summed E-state index contributed by atoms with van der Waals surface area (Å²) in [5.41, 5.74) is 0.356. The van der Waals surface area contributed by atoms with Crippen LogP contribution in [0.2, 0.25) is 0 Å². The van der Waals surface area contributed by atoms with Gasteiger partial charge in [-0.1, -0.05) is 43.0 Å². The number of aryl methyl sites for hydroxylation is 1. The van der Waals surface area contributed by atoms with Crippen molar-refractivity contribution in [2.75, 3.05) is 11.9 Å². The molecule has 1 saturated heterocycles. The molecular weight excluding hydrogens is 510 g/mol. The van der Waals surface area contributed by atoms with E-state index in [9.17, 15) is 24.3 Å². The Kier molecular flexibility index (Phi) is 8.31. The highest BCUT2D eigenvalue weighted by Crippen LogP contribution is 2.32. The number of aliphatic imine (C=N–C) groups is 1. The maximum absolute atomic E-state index is 12.6. The fraction of sp³-hybridized carbons (Fsp3) is 0.269. The van der Waals surface area contributed by atoms with Gasteiger partial charge in [0.1, 0.15) is 22.6 Å². The van der Waals surface area contributed by atoms with Crippen molar-refractivity contribution in [2.24, 2.45) is 4.99 Å². The predicted molar refractivity (Wildman–Crippen MR) is 145 cm³/mol. The summed E-state index contributed by atoms with van der Waals surface area (Å²) in [6.45, 7) is 4.41. The van der Waals surface area contributed by atoms with Crippen LogP contribution in [0.15, 0.2) is 63.1 Å². The topological polar surface area (TPSA) is 166 Å². The summed E-state index contributed by atoms with van der Waals surface area (Å²) in [5.74, 6) is -0.698. The molecule has 1 fully saturated rings. The molecule has 4 rings (SSSR count). The lowest BCUT2D eigenvalue weighted by Crippen LogP contribution is -2.29. The molecule has 0 bridgehead atoms. The van der Waals surface area contributed by atoms with Crippen LogP contribution < -0.4 is 26.6 Å². The molecule has 38 heavy (non-hydrogen) atoms. The number of rotatable bonds is 9. The molecule has 3 aromatic rings. The second-order valence-electron chi connectivity index (χ2n) is 8.41. The third kappa shape index (κ3) is 6.32. The van der Waals surface area contributed by atoms with Crippen LogP contribution in [-0.4, -0.2) is 43.9 Å². The van der Waals surface area contributed by atoms with Crippen molar-refractivity contribution in [2.45, 2.75) is 38.0 Å². The Morgan fingerprint density at radius 3 is 2.42 bits per heavy atom. The molecule has 0 aliphatic carbocycles. The number of aromatic nitrogens is 2. The number of amides is 2. The quantitative estimate of drug-likeness (QED) is 0.280. The van der Waals surface area contributed by atoms with Crippen molar-refractivity contribution in [1.82, 2.24) is 15.3 Å². The molecule has 1 aliphatic heterocycles. The van der Waals surface area contributed by atoms with Crippen LogP contribution in [0.4, 0.5) is 5.69 Å². The first-order chi connectivity index (χ1) is 18.3. The summed E-state index contributed by atoms with van der Waals surface area (Å²) in [6.07, 6.45) is 0.694. The highest BCUT2D eigenvalue weighted by Gasteiger charge is 2.33. The normalized spacial score (nSPS) is 16.7. The van der Waals surface area contributed by atoms with E-state index in [-0.39, 0.29) is 23.1 Å². The number of carbonyl (C=O) groups is 2. The molecule has 0 spiro atoms. The van der Waals surface area contributed by atoms with E-state index in [1.54, 1.807) is 36.4 Å². The number of H-pyrrole nitrogens is 2. The summed E-state index contributed by atoms with van der Waals surface area (Å²) in [5, 5.41) is 15.2. The van der Waals surface area contributed by atoms with E-state index >= 15 is 0 Å². The van der Waals surface area contributed by atoms with Gasteiger partial charge in [-0.15, -0.1) is 0 Å². The zero-order chi connectivity index (χ0) is 27.2. The van der Waals surface area contributed by atoms with Gasteiger partial charge >= 0.3 is 5.69 Å². The largest absolute Gasteiger partial charge is 0.494 e. The van der Waals surface area contributed by atoms with Gasteiger partial charge in [-0.3, -0.25) is 24.4 Å². The maximum Gasteiger partial charge on any atom is 0.328 e. The first-order valence-corrected chi connectivity index (χ1v) is 12.9. The minimum Gasteiger partial charge on any atom is -0.494 e. The number of ether oxygens (including phenoxy) is 1. The number of nitrogens with one attached hydrogen (secondary N) is 4.